The predicted molar refractivity (Wildman–Crippen MR) is 131 cm³/mol. The first-order valence-electron chi connectivity index (χ1n) is 11.2. The third-order valence-electron chi connectivity index (χ3n) is 5.98. The van der Waals surface area contributed by atoms with E-state index in [1.807, 2.05) is 0 Å². The third kappa shape index (κ3) is 5.64. The van der Waals surface area contributed by atoms with Crippen LogP contribution in [0.15, 0.2) is 57.8 Å². The van der Waals surface area contributed by atoms with Crippen LogP contribution < -0.4 is 21.9 Å². The van der Waals surface area contributed by atoms with Crippen LogP contribution in [0.3, 0.4) is 0 Å². The minimum atomic E-state index is -2.93. The molecule has 2 heterocycles. The van der Waals surface area contributed by atoms with Crippen LogP contribution in [0.4, 0.5) is 19.0 Å². The Kier molecular flexibility index (Phi) is 7.09. The molecule has 6 N–H and O–H groups in total. The van der Waals surface area contributed by atoms with E-state index in [2.05, 4.69) is 9.98 Å². The molecule has 0 spiro atoms. The summed E-state index contributed by atoms with van der Waals surface area (Å²) in [4.78, 5) is 12.3. The maximum atomic E-state index is 14.2. The van der Waals surface area contributed by atoms with Crippen molar-refractivity contribution >= 4 is 23.4 Å². The van der Waals surface area contributed by atoms with Gasteiger partial charge in [0.05, 0.1) is 5.71 Å². The summed E-state index contributed by atoms with van der Waals surface area (Å²) in [6.07, 6.45) is 5.51. The molecule has 1 fully saturated rings. The molecule has 1 aromatic carbocycles. The summed E-state index contributed by atoms with van der Waals surface area (Å²) >= 11 is 0. The Hall–Kier alpha value is -3.82. The van der Waals surface area contributed by atoms with Gasteiger partial charge in [-0.2, -0.15) is 8.78 Å². The number of nitrogens with two attached hydrogens (primary N) is 3. The molecule has 0 unspecified atom stereocenters. The first-order chi connectivity index (χ1) is 16.8. The maximum Gasteiger partial charge on any atom is 0.331 e. The first-order valence-corrected chi connectivity index (χ1v) is 11.2. The lowest BCUT2D eigenvalue weighted by Gasteiger charge is -2.23. The van der Waals surface area contributed by atoms with E-state index in [9.17, 15) is 13.2 Å². The number of anilines is 1. The number of aliphatic imine (C=N–C) groups is 2. The molecular formula is C25H27F3N6O. The van der Waals surface area contributed by atoms with E-state index in [1.165, 1.54) is 24.4 Å². The minimum Gasteiger partial charge on any atom is -0.482 e. The number of hydrogen-bond donors (Lipinski definition) is 3. The topological polar surface area (TPSA) is 125 Å². The number of ether oxygens (including phenoxy) is 1. The van der Waals surface area contributed by atoms with Gasteiger partial charge in [0.25, 0.3) is 0 Å². The molecule has 1 aliphatic heterocycles. The molecule has 0 saturated heterocycles. The number of alkyl halides is 2. The summed E-state index contributed by atoms with van der Waals surface area (Å²) in [5, 5.41) is 0. The highest BCUT2D eigenvalue weighted by atomic mass is 19.3. The van der Waals surface area contributed by atoms with Crippen LogP contribution in [-0.4, -0.2) is 30.0 Å². The van der Waals surface area contributed by atoms with E-state index < -0.39 is 18.5 Å². The van der Waals surface area contributed by atoms with Crippen molar-refractivity contribution < 1.29 is 17.9 Å². The fourth-order valence-electron chi connectivity index (χ4n) is 3.90. The summed E-state index contributed by atoms with van der Waals surface area (Å²) in [6.45, 7) is -0.626. The lowest BCUT2D eigenvalue weighted by molar-refractivity contribution is 0.160. The molecule has 1 aliphatic carbocycles. The number of nitrogens with zero attached hydrogens (tertiary/aromatic N) is 3. The number of nitrogen functional groups attached to an aromatic ring is 1. The SMILES string of the molecule is C[C@H]1Oc2cc(cnc2N)C(=NCC2CC2)C(=CN)CC(C=NC(F)F)=C(N)c2ccc(F)cc21. The predicted octanol–water partition coefficient (Wildman–Crippen LogP) is 4.35. The number of rotatable bonds is 4. The van der Waals surface area contributed by atoms with Crippen LogP contribution in [0.1, 0.15) is 49.0 Å². The van der Waals surface area contributed by atoms with Crippen molar-refractivity contribution in [3.8, 4) is 5.75 Å². The van der Waals surface area contributed by atoms with E-state index in [0.717, 1.165) is 19.1 Å². The summed E-state index contributed by atoms with van der Waals surface area (Å²) in [6, 6.07) is 5.71. The monoisotopic (exact) mass is 484 g/mol. The number of benzene rings is 1. The maximum absolute atomic E-state index is 14.2. The number of aromatic nitrogens is 1. The van der Waals surface area contributed by atoms with Gasteiger partial charge in [-0.1, -0.05) is 0 Å². The Labute approximate surface area is 201 Å². The van der Waals surface area contributed by atoms with Gasteiger partial charge in [0.1, 0.15) is 11.9 Å². The van der Waals surface area contributed by atoms with Gasteiger partial charge in [0.15, 0.2) is 11.6 Å². The smallest absolute Gasteiger partial charge is 0.331 e. The molecule has 10 heteroatoms. The summed E-state index contributed by atoms with van der Waals surface area (Å²) in [5.41, 5.74) is 21.5. The van der Waals surface area contributed by atoms with Crippen molar-refractivity contribution in [2.24, 2.45) is 27.4 Å². The van der Waals surface area contributed by atoms with Gasteiger partial charge in [-0.05, 0) is 67.3 Å². The number of hydrogen-bond acceptors (Lipinski definition) is 7. The summed E-state index contributed by atoms with van der Waals surface area (Å²) in [5.74, 6) is 0.438. The zero-order valence-electron chi connectivity index (χ0n) is 19.2. The van der Waals surface area contributed by atoms with Crippen LogP contribution in [0.25, 0.3) is 5.70 Å². The van der Waals surface area contributed by atoms with Gasteiger partial charge in [0, 0.05) is 47.8 Å². The fourth-order valence-corrected chi connectivity index (χ4v) is 3.90. The van der Waals surface area contributed by atoms with Gasteiger partial charge in [0.2, 0.25) is 0 Å². The zero-order chi connectivity index (χ0) is 25.1. The largest absolute Gasteiger partial charge is 0.482 e. The highest BCUT2D eigenvalue weighted by Crippen LogP contribution is 2.34. The summed E-state index contributed by atoms with van der Waals surface area (Å²) < 4.78 is 46.3. The van der Waals surface area contributed by atoms with E-state index in [1.54, 1.807) is 19.2 Å². The van der Waals surface area contributed by atoms with Crippen molar-refractivity contribution in [1.29, 1.82) is 0 Å². The molecule has 4 rings (SSSR count). The van der Waals surface area contributed by atoms with Gasteiger partial charge in [-0.25, -0.2) is 14.4 Å². The lowest BCUT2D eigenvalue weighted by atomic mass is 9.92. The minimum absolute atomic E-state index is 0.0633. The second-order valence-corrected chi connectivity index (χ2v) is 8.60. The van der Waals surface area contributed by atoms with Crippen molar-refractivity contribution in [3.05, 3.63) is 70.3 Å². The average Bonchev–Trinajstić information content (AvgIpc) is 3.65. The zero-order valence-corrected chi connectivity index (χ0v) is 19.2. The molecule has 0 radical (unpaired) electrons. The second-order valence-electron chi connectivity index (χ2n) is 8.60. The summed E-state index contributed by atoms with van der Waals surface area (Å²) in [7, 11) is 0. The van der Waals surface area contributed by atoms with Gasteiger partial charge < -0.3 is 21.9 Å². The normalized spacial score (nSPS) is 21.2. The Balaban J connectivity index is 1.95. The molecule has 2 aromatic rings. The Morgan fingerprint density at radius 3 is 2.69 bits per heavy atom. The van der Waals surface area contributed by atoms with Gasteiger partial charge in [-0.15, -0.1) is 0 Å². The fraction of sp³-hybridized carbons (Fsp3) is 0.320. The van der Waals surface area contributed by atoms with Crippen molar-refractivity contribution in [3.63, 3.8) is 0 Å². The molecule has 0 amide bonds. The molecular weight excluding hydrogens is 457 g/mol. The van der Waals surface area contributed by atoms with Crippen LogP contribution in [0.2, 0.25) is 0 Å². The molecule has 2 bridgehead atoms. The molecule has 7 nitrogen and oxygen atoms in total. The Morgan fingerprint density at radius 2 is 2.00 bits per heavy atom. The molecule has 35 heavy (non-hydrogen) atoms. The van der Waals surface area contributed by atoms with Crippen LogP contribution in [-0.2, 0) is 0 Å². The van der Waals surface area contributed by atoms with Gasteiger partial charge >= 0.3 is 6.55 Å². The van der Waals surface area contributed by atoms with E-state index in [0.29, 0.717) is 46.2 Å². The third-order valence-corrected chi connectivity index (χ3v) is 5.98. The van der Waals surface area contributed by atoms with E-state index in [4.69, 9.17) is 26.9 Å². The Morgan fingerprint density at radius 1 is 1.23 bits per heavy atom. The number of pyridine rings is 1. The van der Waals surface area contributed by atoms with Crippen LogP contribution >= 0.6 is 0 Å². The van der Waals surface area contributed by atoms with Crippen molar-refractivity contribution in [2.45, 2.75) is 38.8 Å². The standard InChI is InChI=1S/C25H27F3N6O/c1-13-20-8-18(26)4-5-19(20)22(30)16(11-34-25(27)28)6-15(9-29)23(32-10-14-2-3-14)17-7-21(35-13)24(31)33-12-17/h4-5,7-9,11-14,25H,2-3,6,10,29-30H2,1H3,(H2,31,33)/t13-/m1/s1. The average molecular weight is 485 g/mol. The quantitative estimate of drug-likeness (QED) is 0.440. The molecule has 1 aromatic heterocycles. The Bertz CT molecular complexity index is 1230. The highest BCUT2D eigenvalue weighted by Gasteiger charge is 2.24. The highest BCUT2D eigenvalue weighted by molar-refractivity contribution is 6.14. The molecule has 1 saturated carbocycles. The lowest BCUT2D eigenvalue weighted by Crippen LogP contribution is -2.17. The van der Waals surface area contributed by atoms with Crippen LogP contribution in [0, 0.1) is 11.7 Å². The van der Waals surface area contributed by atoms with Crippen molar-refractivity contribution in [1.82, 2.24) is 4.98 Å². The van der Waals surface area contributed by atoms with E-state index >= 15 is 0 Å². The van der Waals surface area contributed by atoms with E-state index in [-0.39, 0.29) is 23.5 Å². The molecule has 1 atom stereocenters. The van der Waals surface area contributed by atoms with Gasteiger partial charge in [-0.3, -0.25) is 4.99 Å². The molecule has 2 aliphatic rings. The number of fused-ring (bicyclic) bond motifs is 3. The molecule has 184 valence electrons. The van der Waals surface area contributed by atoms with Crippen molar-refractivity contribution in [2.75, 3.05) is 12.3 Å². The second kappa shape index (κ2) is 10.2. The van der Waals surface area contributed by atoms with Crippen LogP contribution in [0.5, 0.6) is 5.75 Å². The number of allylic oxidation sites excluding steroid dienone is 2. The number of halogens is 3. The first kappa shape index (κ1) is 24.3.